The Bertz CT molecular complexity index is 1310. The van der Waals surface area contributed by atoms with Crippen molar-refractivity contribution in [1.29, 1.82) is 0 Å². The first kappa shape index (κ1) is 24.3. The van der Waals surface area contributed by atoms with Gasteiger partial charge in [0.15, 0.2) is 0 Å². The maximum Gasteiger partial charge on any atom is 0.258 e. The van der Waals surface area contributed by atoms with Crippen molar-refractivity contribution in [3.05, 3.63) is 87.6 Å². The van der Waals surface area contributed by atoms with Crippen LogP contribution in [0.3, 0.4) is 0 Å². The van der Waals surface area contributed by atoms with Crippen LogP contribution in [0.15, 0.2) is 59.4 Å². The number of hydrogen-bond donors (Lipinski definition) is 0. The van der Waals surface area contributed by atoms with Crippen LogP contribution in [0, 0.1) is 5.82 Å². The van der Waals surface area contributed by atoms with E-state index in [0.717, 1.165) is 30.9 Å². The number of halogens is 1. The van der Waals surface area contributed by atoms with E-state index in [-0.39, 0.29) is 17.3 Å². The van der Waals surface area contributed by atoms with Gasteiger partial charge < -0.3 is 19.1 Å². The molecular weight excluding hydrogens is 457 g/mol. The van der Waals surface area contributed by atoms with Crippen LogP contribution in [0.25, 0.3) is 11.1 Å². The Balaban J connectivity index is 1.50. The molecule has 6 nitrogen and oxygen atoms in total. The lowest BCUT2D eigenvalue weighted by molar-refractivity contribution is 0.0728. The zero-order valence-electron chi connectivity index (χ0n) is 20.7. The number of aromatic nitrogens is 1. The lowest BCUT2D eigenvalue weighted by Crippen LogP contribution is -2.41. The smallest absolute Gasteiger partial charge is 0.258 e. The van der Waals surface area contributed by atoms with Crippen LogP contribution in [0.1, 0.15) is 40.9 Å². The van der Waals surface area contributed by atoms with Crippen LogP contribution in [-0.2, 0) is 19.5 Å². The summed E-state index contributed by atoms with van der Waals surface area (Å²) in [6.45, 7) is 4.42. The second-order valence-electron chi connectivity index (χ2n) is 9.58. The lowest BCUT2D eigenvalue weighted by atomic mass is 9.98. The molecule has 2 aromatic carbocycles. The molecule has 0 N–H and O–H groups in total. The average molecular weight is 490 g/mol. The van der Waals surface area contributed by atoms with Crippen molar-refractivity contribution in [1.82, 2.24) is 14.4 Å². The van der Waals surface area contributed by atoms with Gasteiger partial charge in [0.1, 0.15) is 11.6 Å². The Morgan fingerprint density at radius 1 is 0.972 bits per heavy atom. The number of fused-ring (bicyclic) bond motifs is 1. The number of pyridine rings is 1. The minimum atomic E-state index is -0.377. The van der Waals surface area contributed by atoms with Crippen LogP contribution in [-0.4, -0.2) is 53.6 Å². The number of carbonyl (C=O) groups is 1. The van der Waals surface area contributed by atoms with Gasteiger partial charge in [-0.25, -0.2) is 4.39 Å². The fraction of sp³-hybridized carbons (Fsp3) is 0.379. The van der Waals surface area contributed by atoms with Crippen molar-refractivity contribution in [3.63, 3.8) is 0 Å². The minimum absolute atomic E-state index is 0.0964. The summed E-state index contributed by atoms with van der Waals surface area (Å²) in [6, 6.07) is 15.2. The molecule has 1 fully saturated rings. The highest BCUT2D eigenvalue weighted by Crippen LogP contribution is 2.27. The molecule has 188 valence electrons. The SMILES string of the molecule is COc1ccccc1C(=O)N1CCc2c(cc(-c3cccc(F)c3)c(=O)n2CCN2CCCCC2)C1. The quantitative estimate of drug-likeness (QED) is 0.517. The standard InChI is InChI=1S/C29H32FN3O3/c1-36-27-11-4-3-10-24(27)28(34)32-15-12-26-22(20-32)19-25(21-8-7-9-23(30)18-21)29(35)33(26)17-16-31-13-5-2-6-14-31/h3-4,7-11,18-19H,2,5-6,12-17,20H2,1H3. The highest BCUT2D eigenvalue weighted by atomic mass is 19.1. The molecule has 0 unspecified atom stereocenters. The summed E-state index contributed by atoms with van der Waals surface area (Å²) < 4.78 is 21.3. The molecule has 0 bridgehead atoms. The third-order valence-electron chi connectivity index (χ3n) is 7.32. The van der Waals surface area contributed by atoms with E-state index in [1.165, 1.54) is 31.4 Å². The van der Waals surface area contributed by atoms with E-state index in [1.807, 2.05) is 22.8 Å². The van der Waals surface area contributed by atoms with E-state index in [9.17, 15) is 14.0 Å². The molecule has 1 saturated heterocycles. The number of carbonyl (C=O) groups excluding carboxylic acids is 1. The van der Waals surface area contributed by atoms with E-state index in [0.29, 0.717) is 48.5 Å². The Hall–Kier alpha value is -3.45. The largest absolute Gasteiger partial charge is 0.496 e. The zero-order chi connectivity index (χ0) is 25.1. The number of piperidine rings is 1. The number of rotatable bonds is 6. The summed E-state index contributed by atoms with van der Waals surface area (Å²) in [4.78, 5) is 31.3. The Morgan fingerprint density at radius 2 is 1.78 bits per heavy atom. The average Bonchev–Trinajstić information content (AvgIpc) is 2.92. The first-order chi connectivity index (χ1) is 17.5. The van der Waals surface area contributed by atoms with Crippen molar-refractivity contribution in [2.75, 3.05) is 33.3 Å². The molecule has 1 amide bonds. The van der Waals surface area contributed by atoms with Gasteiger partial charge in [-0.2, -0.15) is 0 Å². The van der Waals surface area contributed by atoms with E-state index < -0.39 is 0 Å². The third kappa shape index (κ3) is 4.93. The molecule has 0 aliphatic carbocycles. The molecule has 36 heavy (non-hydrogen) atoms. The number of hydrogen-bond acceptors (Lipinski definition) is 4. The third-order valence-corrected chi connectivity index (χ3v) is 7.32. The van der Waals surface area contributed by atoms with Crippen LogP contribution >= 0.6 is 0 Å². The highest BCUT2D eigenvalue weighted by molar-refractivity contribution is 5.97. The van der Waals surface area contributed by atoms with Gasteiger partial charge in [-0.3, -0.25) is 9.59 Å². The summed E-state index contributed by atoms with van der Waals surface area (Å²) >= 11 is 0. The number of likely N-dealkylation sites (tertiary alicyclic amines) is 1. The first-order valence-electron chi connectivity index (χ1n) is 12.7. The number of para-hydroxylation sites is 1. The van der Waals surface area contributed by atoms with Crippen molar-refractivity contribution < 1.29 is 13.9 Å². The molecule has 1 aromatic heterocycles. The van der Waals surface area contributed by atoms with Gasteiger partial charge in [0.2, 0.25) is 0 Å². The fourth-order valence-electron chi connectivity index (χ4n) is 5.41. The summed E-state index contributed by atoms with van der Waals surface area (Å²) in [5.74, 6) is 0.0641. The second kappa shape index (κ2) is 10.7. The van der Waals surface area contributed by atoms with Crippen LogP contribution in [0.5, 0.6) is 5.75 Å². The van der Waals surface area contributed by atoms with Crippen molar-refractivity contribution in [3.8, 4) is 16.9 Å². The Kier molecular flexibility index (Phi) is 7.18. The minimum Gasteiger partial charge on any atom is -0.496 e. The van der Waals surface area contributed by atoms with E-state index in [2.05, 4.69) is 4.90 Å². The number of amides is 1. The monoisotopic (exact) mass is 489 g/mol. The van der Waals surface area contributed by atoms with Gasteiger partial charge in [0.25, 0.3) is 11.5 Å². The normalized spacial score (nSPS) is 16.0. The molecule has 0 radical (unpaired) electrons. The van der Waals surface area contributed by atoms with Crippen molar-refractivity contribution >= 4 is 5.91 Å². The predicted octanol–water partition coefficient (Wildman–Crippen LogP) is 4.35. The number of benzene rings is 2. The highest BCUT2D eigenvalue weighted by Gasteiger charge is 2.27. The van der Waals surface area contributed by atoms with Crippen molar-refractivity contribution in [2.45, 2.75) is 38.8 Å². The van der Waals surface area contributed by atoms with E-state index >= 15 is 0 Å². The van der Waals surface area contributed by atoms with Crippen LogP contribution < -0.4 is 10.3 Å². The molecular formula is C29H32FN3O3. The lowest BCUT2D eigenvalue weighted by Gasteiger charge is -2.32. The summed E-state index contributed by atoms with van der Waals surface area (Å²) in [7, 11) is 1.56. The van der Waals surface area contributed by atoms with Gasteiger partial charge in [0.05, 0.1) is 12.7 Å². The summed E-state index contributed by atoms with van der Waals surface area (Å²) in [5, 5.41) is 0. The topological polar surface area (TPSA) is 54.8 Å². The number of nitrogens with zero attached hydrogens (tertiary/aromatic N) is 3. The van der Waals surface area contributed by atoms with Gasteiger partial charge >= 0.3 is 0 Å². The van der Waals surface area contributed by atoms with Gasteiger partial charge in [-0.15, -0.1) is 0 Å². The van der Waals surface area contributed by atoms with E-state index in [1.54, 1.807) is 36.3 Å². The molecule has 7 heteroatoms. The van der Waals surface area contributed by atoms with Gasteiger partial charge in [-0.05, 0) is 67.4 Å². The second-order valence-corrected chi connectivity index (χ2v) is 9.58. The molecule has 3 aromatic rings. The maximum atomic E-state index is 14.1. The summed E-state index contributed by atoms with van der Waals surface area (Å²) in [6.07, 6.45) is 4.23. The molecule has 2 aliphatic heterocycles. The van der Waals surface area contributed by atoms with Crippen LogP contribution in [0.2, 0.25) is 0 Å². The Labute approximate surface area is 210 Å². The summed E-state index contributed by atoms with van der Waals surface area (Å²) in [5.41, 5.74) is 3.36. The number of ether oxygens (including phenoxy) is 1. The molecule has 5 rings (SSSR count). The van der Waals surface area contributed by atoms with Crippen molar-refractivity contribution in [2.24, 2.45) is 0 Å². The predicted molar refractivity (Wildman–Crippen MR) is 138 cm³/mol. The molecule has 3 heterocycles. The first-order valence-corrected chi connectivity index (χ1v) is 12.7. The van der Waals surface area contributed by atoms with Gasteiger partial charge in [-0.1, -0.05) is 30.7 Å². The molecule has 0 spiro atoms. The zero-order valence-corrected chi connectivity index (χ0v) is 20.7. The number of methoxy groups -OCH3 is 1. The molecule has 2 aliphatic rings. The molecule has 0 atom stereocenters. The van der Waals surface area contributed by atoms with E-state index in [4.69, 9.17) is 4.74 Å². The molecule has 0 saturated carbocycles. The van der Waals surface area contributed by atoms with Gasteiger partial charge in [0, 0.05) is 43.9 Å². The van der Waals surface area contributed by atoms with Crippen LogP contribution in [0.4, 0.5) is 4.39 Å². The maximum absolute atomic E-state index is 14.1. The Morgan fingerprint density at radius 3 is 2.56 bits per heavy atom. The fourth-order valence-corrected chi connectivity index (χ4v) is 5.41.